The third-order valence-electron chi connectivity index (χ3n) is 2.33. The van der Waals surface area contributed by atoms with Gasteiger partial charge in [-0.25, -0.2) is 4.98 Å². The summed E-state index contributed by atoms with van der Waals surface area (Å²) in [5.74, 6) is 0.886. The Bertz CT molecular complexity index is 361. The van der Waals surface area contributed by atoms with Gasteiger partial charge in [-0.3, -0.25) is 5.41 Å². The van der Waals surface area contributed by atoms with E-state index in [1.165, 1.54) is 0 Å². The fourth-order valence-electron chi connectivity index (χ4n) is 1.31. The molecule has 0 bridgehead atoms. The van der Waals surface area contributed by atoms with Crippen LogP contribution in [0.2, 0.25) is 0 Å². The van der Waals surface area contributed by atoms with E-state index in [1.807, 2.05) is 31.9 Å². The number of nitrogens with zero attached hydrogens (tertiary/aromatic N) is 2. The van der Waals surface area contributed by atoms with E-state index in [0.717, 1.165) is 12.4 Å². The van der Waals surface area contributed by atoms with Crippen LogP contribution in [0.5, 0.6) is 0 Å². The molecule has 0 saturated carbocycles. The summed E-state index contributed by atoms with van der Waals surface area (Å²) in [7, 11) is 1.96. The fraction of sp³-hybridized carbons (Fsp3) is 0.500. The highest BCUT2D eigenvalue weighted by Crippen LogP contribution is 2.09. The van der Waals surface area contributed by atoms with Crippen LogP contribution in [0.3, 0.4) is 0 Å². The summed E-state index contributed by atoms with van der Waals surface area (Å²) in [4.78, 5) is 6.25. The Balaban J connectivity index is 2.51. The molecule has 0 amide bonds. The third kappa shape index (κ3) is 4.40. The largest absolute Gasteiger partial charge is 0.384 e. The Morgan fingerprint density at radius 3 is 2.71 bits per heavy atom. The number of nitrogen functional groups attached to an aromatic ring is 1. The van der Waals surface area contributed by atoms with Gasteiger partial charge in [0.05, 0.1) is 12.7 Å². The molecule has 0 saturated heterocycles. The van der Waals surface area contributed by atoms with Crippen molar-refractivity contribution in [1.29, 1.82) is 5.41 Å². The molecule has 17 heavy (non-hydrogen) atoms. The number of pyridine rings is 1. The molecule has 1 rings (SSSR count). The lowest BCUT2D eigenvalue weighted by atomic mass is 10.2. The van der Waals surface area contributed by atoms with Crippen molar-refractivity contribution in [2.45, 2.75) is 20.0 Å². The summed E-state index contributed by atoms with van der Waals surface area (Å²) < 4.78 is 5.47. The van der Waals surface area contributed by atoms with Gasteiger partial charge < -0.3 is 15.4 Å². The molecule has 3 N–H and O–H groups in total. The maximum atomic E-state index is 7.28. The van der Waals surface area contributed by atoms with E-state index in [0.29, 0.717) is 12.2 Å². The highest BCUT2D eigenvalue weighted by molar-refractivity contribution is 5.94. The first kappa shape index (κ1) is 13.4. The molecule has 0 aliphatic heterocycles. The van der Waals surface area contributed by atoms with Crippen LogP contribution >= 0.6 is 0 Å². The minimum atomic E-state index is 0.0369. The van der Waals surface area contributed by atoms with E-state index in [2.05, 4.69) is 4.98 Å². The molecular formula is C12H20N4O. The van der Waals surface area contributed by atoms with Crippen molar-refractivity contribution in [1.82, 2.24) is 4.98 Å². The summed E-state index contributed by atoms with van der Waals surface area (Å²) in [5.41, 5.74) is 6.00. The van der Waals surface area contributed by atoms with Crippen molar-refractivity contribution in [2.75, 3.05) is 25.1 Å². The molecule has 0 unspecified atom stereocenters. The SMILES string of the molecule is CC(C)OCCN(C)c1ccc(C(=N)N)cn1. The third-order valence-corrected chi connectivity index (χ3v) is 2.33. The number of ether oxygens (including phenoxy) is 1. The predicted octanol–water partition coefficient (Wildman–Crippen LogP) is 1.23. The van der Waals surface area contributed by atoms with Gasteiger partial charge in [0.1, 0.15) is 11.7 Å². The summed E-state index contributed by atoms with van der Waals surface area (Å²) in [6.07, 6.45) is 1.86. The lowest BCUT2D eigenvalue weighted by Crippen LogP contribution is -2.25. The van der Waals surface area contributed by atoms with Gasteiger partial charge in [0.15, 0.2) is 0 Å². The van der Waals surface area contributed by atoms with E-state index >= 15 is 0 Å². The Morgan fingerprint density at radius 1 is 1.53 bits per heavy atom. The number of anilines is 1. The summed E-state index contributed by atoms with van der Waals surface area (Å²) in [5, 5.41) is 7.28. The van der Waals surface area contributed by atoms with E-state index in [9.17, 15) is 0 Å². The van der Waals surface area contributed by atoms with E-state index in [4.69, 9.17) is 15.9 Å². The Labute approximate surface area is 102 Å². The Kier molecular flexibility index (Phi) is 4.90. The first-order valence-corrected chi connectivity index (χ1v) is 5.64. The van der Waals surface area contributed by atoms with Gasteiger partial charge in [0, 0.05) is 25.4 Å². The standard InChI is InChI=1S/C12H20N4O/c1-9(2)17-7-6-16(3)11-5-4-10(8-15-11)12(13)14/h4-5,8-9H,6-7H2,1-3H3,(H3,13,14). The maximum Gasteiger partial charge on any atom is 0.128 e. The van der Waals surface area contributed by atoms with E-state index in [1.54, 1.807) is 12.3 Å². The quantitative estimate of drug-likeness (QED) is 0.575. The van der Waals surface area contributed by atoms with Gasteiger partial charge in [-0.2, -0.15) is 0 Å². The smallest absolute Gasteiger partial charge is 0.128 e. The molecule has 0 spiro atoms. The number of nitrogens with one attached hydrogen (secondary N) is 1. The van der Waals surface area contributed by atoms with E-state index < -0.39 is 0 Å². The average molecular weight is 236 g/mol. The molecule has 0 aliphatic carbocycles. The highest BCUT2D eigenvalue weighted by Gasteiger charge is 2.04. The number of hydrogen-bond acceptors (Lipinski definition) is 4. The Hall–Kier alpha value is -1.62. The minimum Gasteiger partial charge on any atom is -0.384 e. The molecule has 0 aromatic carbocycles. The second-order valence-electron chi connectivity index (χ2n) is 4.16. The van der Waals surface area contributed by atoms with Crippen LogP contribution in [-0.4, -0.2) is 37.1 Å². The van der Waals surface area contributed by atoms with Gasteiger partial charge >= 0.3 is 0 Å². The molecule has 1 aromatic rings. The van der Waals surface area contributed by atoms with Crippen LogP contribution in [0, 0.1) is 5.41 Å². The lowest BCUT2D eigenvalue weighted by molar-refractivity contribution is 0.0845. The zero-order valence-electron chi connectivity index (χ0n) is 10.6. The number of amidine groups is 1. The summed E-state index contributed by atoms with van der Waals surface area (Å²) >= 11 is 0. The topological polar surface area (TPSA) is 75.2 Å². The van der Waals surface area contributed by atoms with E-state index in [-0.39, 0.29) is 11.9 Å². The summed E-state index contributed by atoms with van der Waals surface area (Å²) in [6, 6.07) is 3.65. The van der Waals surface area contributed by atoms with Crippen molar-refractivity contribution >= 4 is 11.7 Å². The van der Waals surface area contributed by atoms with Crippen molar-refractivity contribution in [2.24, 2.45) is 5.73 Å². The lowest BCUT2D eigenvalue weighted by Gasteiger charge is -2.19. The second-order valence-corrected chi connectivity index (χ2v) is 4.16. The van der Waals surface area contributed by atoms with Crippen molar-refractivity contribution in [3.8, 4) is 0 Å². The van der Waals surface area contributed by atoms with Crippen LogP contribution in [-0.2, 0) is 4.74 Å². The molecule has 0 aliphatic rings. The van der Waals surface area contributed by atoms with Gasteiger partial charge in [-0.05, 0) is 26.0 Å². The predicted molar refractivity (Wildman–Crippen MR) is 69.6 cm³/mol. The maximum absolute atomic E-state index is 7.28. The first-order valence-electron chi connectivity index (χ1n) is 5.64. The molecule has 0 fully saturated rings. The number of hydrogen-bond donors (Lipinski definition) is 2. The van der Waals surface area contributed by atoms with Crippen LogP contribution in [0.4, 0.5) is 5.82 Å². The molecule has 1 aromatic heterocycles. The molecule has 1 heterocycles. The fourth-order valence-corrected chi connectivity index (χ4v) is 1.31. The average Bonchev–Trinajstić information content (AvgIpc) is 2.28. The van der Waals surface area contributed by atoms with Crippen molar-refractivity contribution < 1.29 is 4.74 Å². The molecule has 5 heteroatoms. The first-order chi connectivity index (χ1) is 8.00. The molecule has 0 atom stereocenters. The van der Waals surface area contributed by atoms with Gasteiger partial charge in [0.25, 0.3) is 0 Å². The number of likely N-dealkylation sites (N-methyl/N-ethyl adjacent to an activating group) is 1. The second kappa shape index (κ2) is 6.20. The van der Waals surface area contributed by atoms with Crippen LogP contribution in [0.15, 0.2) is 18.3 Å². The zero-order valence-corrected chi connectivity index (χ0v) is 10.6. The van der Waals surface area contributed by atoms with Gasteiger partial charge in [-0.1, -0.05) is 0 Å². The van der Waals surface area contributed by atoms with Gasteiger partial charge in [-0.15, -0.1) is 0 Å². The normalized spacial score (nSPS) is 10.6. The monoisotopic (exact) mass is 236 g/mol. The minimum absolute atomic E-state index is 0.0369. The van der Waals surface area contributed by atoms with Crippen molar-refractivity contribution in [3.05, 3.63) is 23.9 Å². The molecular weight excluding hydrogens is 216 g/mol. The number of nitrogens with two attached hydrogens (primary N) is 1. The highest BCUT2D eigenvalue weighted by atomic mass is 16.5. The summed E-state index contributed by atoms with van der Waals surface area (Å²) in [6.45, 7) is 5.48. The van der Waals surface area contributed by atoms with Crippen LogP contribution in [0.25, 0.3) is 0 Å². The van der Waals surface area contributed by atoms with Crippen LogP contribution in [0.1, 0.15) is 19.4 Å². The Morgan fingerprint density at radius 2 is 2.24 bits per heavy atom. The van der Waals surface area contributed by atoms with Gasteiger partial charge in [0.2, 0.25) is 0 Å². The van der Waals surface area contributed by atoms with Crippen LogP contribution < -0.4 is 10.6 Å². The number of aromatic nitrogens is 1. The number of rotatable bonds is 6. The molecule has 5 nitrogen and oxygen atoms in total. The zero-order chi connectivity index (χ0) is 12.8. The van der Waals surface area contributed by atoms with Crippen molar-refractivity contribution in [3.63, 3.8) is 0 Å². The molecule has 94 valence electrons. The molecule has 0 radical (unpaired) electrons.